The summed E-state index contributed by atoms with van der Waals surface area (Å²) in [5.74, 6) is 0.581. The van der Waals surface area contributed by atoms with Crippen LogP contribution in [0.15, 0.2) is 24.5 Å². The second kappa shape index (κ2) is 5.62. The molecule has 23 heavy (non-hydrogen) atoms. The van der Waals surface area contributed by atoms with Gasteiger partial charge in [0.05, 0.1) is 4.92 Å². The molecular weight excluding hydrogens is 298 g/mol. The van der Waals surface area contributed by atoms with Crippen LogP contribution in [0.25, 0.3) is 0 Å². The third kappa shape index (κ3) is 2.77. The molecule has 0 atom stereocenters. The molecule has 0 bridgehead atoms. The fourth-order valence-electron chi connectivity index (χ4n) is 3.12. The predicted octanol–water partition coefficient (Wildman–Crippen LogP) is 1.52. The molecule has 0 aliphatic carbocycles. The lowest BCUT2D eigenvalue weighted by molar-refractivity contribution is -0.385. The van der Waals surface area contributed by atoms with Crippen molar-refractivity contribution in [3.8, 4) is 0 Å². The van der Waals surface area contributed by atoms with Gasteiger partial charge in [-0.1, -0.05) is 0 Å². The zero-order valence-electron chi connectivity index (χ0n) is 13.1. The maximum atomic E-state index is 10.9. The van der Waals surface area contributed by atoms with Crippen molar-refractivity contribution in [2.45, 2.75) is 25.4 Å². The van der Waals surface area contributed by atoms with Gasteiger partial charge in [-0.05, 0) is 19.1 Å². The summed E-state index contributed by atoms with van der Waals surface area (Å²) < 4.78 is 1.60. The van der Waals surface area contributed by atoms with Gasteiger partial charge in [0.25, 0.3) is 5.69 Å². The van der Waals surface area contributed by atoms with Crippen LogP contribution in [0.2, 0.25) is 0 Å². The summed E-state index contributed by atoms with van der Waals surface area (Å²) in [5, 5.41) is 25.7. The summed E-state index contributed by atoms with van der Waals surface area (Å²) >= 11 is 0. The molecule has 0 spiro atoms. The number of hydrogen-bond acceptors (Lipinski definition) is 6. The molecule has 122 valence electrons. The topological polar surface area (TPSA) is 97.3 Å². The summed E-state index contributed by atoms with van der Waals surface area (Å²) in [6.07, 6.45) is 2.52. The van der Waals surface area contributed by atoms with Gasteiger partial charge in [-0.3, -0.25) is 14.8 Å². The second-order valence-corrected chi connectivity index (χ2v) is 5.95. The van der Waals surface area contributed by atoms with Crippen molar-refractivity contribution in [2.75, 3.05) is 18.0 Å². The number of aryl methyl sites for hydroxylation is 2. The Hall–Kier alpha value is -2.48. The first-order valence-electron chi connectivity index (χ1n) is 7.47. The zero-order valence-corrected chi connectivity index (χ0v) is 13.1. The van der Waals surface area contributed by atoms with Crippen molar-refractivity contribution in [1.29, 1.82) is 0 Å². The Morgan fingerprint density at radius 2 is 2.04 bits per heavy atom. The number of aromatic nitrogens is 3. The highest BCUT2D eigenvalue weighted by molar-refractivity contribution is 5.55. The van der Waals surface area contributed by atoms with Gasteiger partial charge in [0.1, 0.15) is 11.9 Å². The molecular formula is C15H19N5O3. The number of nitro benzene ring substituents is 1. The van der Waals surface area contributed by atoms with Crippen LogP contribution in [0.3, 0.4) is 0 Å². The molecule has 0 amide bonds. The molecule has 3 rings (SSSR count). The first-order chi connectivity index (χ1) is 10.9. The molecule has 0 radical (unpaired) electrons. The number of benzene rings is 1. The number of nitro groups is 1. The van der Waals surface area contributed by atoms with Crippen LogP contribution in [-0.4, -0.2) is 37.9 Å². The number of anilines is 1. The van der Waals surface area contributed by atoms with E-state index in [1.54, 1.807) is 24.7 Å². The van der Waals surface area contributed by atoms with E-state index in [4.69, 9.17) is 0 Å². The summed E-state index contributed by atoms with van der Waals surface area (Å²) in [7, 11) is 1.77. The van der Waals surface area contributed by atoms with Crippen molar-refractivity contribution in [1.82, 2.24) is 14.8 Å². The van der Waals surface area contributed by atoms with E-state index in [0.717, 1.165) is 5.69 Å². The maximum Gasteiger partial charge on any atom is 0.272 e. The van der Waals surface area contributed by atoms with Gasteiger partial charge in [-0.25, -0.2) is 4.98 Å². The van der Waals surface area contributed by atoms with Gasteiger partial charge in [0.2, 0.25) is 0 Å². The highest BCUT2D eigenvalue weighted by Gasteiger charge is 2.37. The molecule has 1 aromatic carbocycles. The van der Waals surface area contributed by atoms with Crippen LogP contribution in [-0.2, 0) is 12.6 Å². The summed E-state index contributed by atoms with van der Waals surface area (Å²) in [5.41, 5.74) is 0.730. The van der Waals surface area contributed by atoms with Crippen LogP contribution in [0.4, 0.5) is 11.4 Å². The van der Waals surface area contributed by atoms with E-state index in [1.807, 2.05) is 6.07 Å². The van der Waals surface area contributed by atoms with E-state index in [1.165, 1.54) is 12.4 Å². The fourth-order valence-corrected chi connectivity index (χ4v) is 3.12. The fraction of sp³-hybridized carbons (Fsp3) is 0.467. The number of hydrogen-bond donors (Lipinski definition) is 1. The van der Waals surface area contributed by atoms with E-state index >= 15 is 0 Å². The normalized spacial score (nSPS) is 17.3. The van der Waals surface area contributed by atoms with Crippen LogP contribution in [0, 0.1) is 17.0 Å². The van der Waals surface area contributed by atoms with E-state index < -0.39 is 5.60 Å². The third-order valence-corrected chi connectivity index (χ3v) is 4.46. The minimum Gasteiger partial charge on any atom is -0.382 e. The highest BCUT2D eigenvalue weighted by Crippen LogP contribution is 2.34. The first kappa shape index (κ1) is 15.4. The van der Waals surface area contributed by atoms with E-state index in [9.17, 15) is 15.2 Å². The standard InChI is InChI=1S/C15H19N5O3/c1-11-9-12(3-4-13(11)20(22)23)19-7-5-15(21,6-8-19)14-16-10-17-18(14)2/h3-4,9-10,21H,5-8H2,1-2H3. The Morgan fingerprint density at radius 1 is 1.35 bits per heavy atom. The van der Waals surface area contributed by atoms with Crippen LogP contribution >= 0.6 is 0 Å². The molecule has 1 aromatic heterocycles. The summed E-state index contributed by atoms with van der Waals surface area (Å²) in [6.45, 7) is 3.04. The van der Waals surface area contributed by atoms with Gasteiger partial charge < -0.3 is 10.0 Å². The van der Waals surface area contributed by atoms with E-state index in [-0.39, 0.29) is 10.6 Å². The van der Waals surface area contributed by atoms with Gasteiger partial charge in [0, 0.05) is 50.3 Å². The molecule has 1 N–H and O–H groups in total. The Bertz CT molecular complexity index is 734. The zero-order chi connectivity index (χ0) is 16.6. The summed E-state index contributed by atoms with van der Waals surface area (Å²) in [6, 6.07) is 5.12. The van der Waals surface area contributed by atoms with E-state index in [0.29, 0.717) is 37.3 Å². The van der Waals surface area contributed by atoms with Crippen molar-refractivity contribution < 1.29 is 10.0 Å². The van der Waals surface area contributed by atoms with Crippen molar-refractivity contribution >= 4 is 11.4 Å². The number of aliphatic hydroxyl groups is 1. The lowest BCUT2D eigenvalue weighted by Crippen LogP contribution is -2.44. The smallest absolute Gasteiger partial charge is 0.272 e. The molecule has 0 saturated carbocycles. The van der Waals surface area contributed by atoms with E-state index in [2.05, 4.69) is 15.0 Å². The number of piperidine rings is 1. The van der Waals surface area contributed by atoms with Gasteiger partial charge in [0.15, 0.2) is 5.82 Å². The lowest BCUT2D eigenvalue weighted by atomic mass is 9.90. The predicted molar refractivity (Wildman–Crippen MR) is 84.2 cm³/mol. The molecule has 8 nitrogen and oxygen atoms in total. The van der Waals surface area contributed by atoms with Crippen LogP contribution < -0.4 is 4.90 Å². The Labute approximate surface area is 133 Å². The average Bonchev–Trinajstić information content (AvgIpc) is 2.94. The SMILES string of the molecule is Cc1cc(N2CCC(O)(c3ncnn3C)CC2)ccc1[N+](=O)[O-]. The van der Waals surface area contributed by atoms with Crippen LogP contribution in [0.5, 0.6) is 0 Å². The van der Waals surface area contributed by atoms with Crippen molar-refractivity contribution in [2.24, 2.45) is 7.05 Å². The minimum absolute atomic E-state index is 0.126. The molecule has 1 aliphatic heterocycles. The first-order valence-corrected chi connectivity index (χ1v) is 7.47. The summed E-state index contributed by atoms with van der Waals surface area (Å²) in [4.78, 5) is 16.8. The molecule has 2 aromatic rings. The maximum absolute atomic E-state index is 10.9. The molecule has 1 aliphatic rings. The largest absolute Gasteiger partial charge is 0.382 e. The second-order valence-electron chi connectivity index (χ2n) is 5.95. The third-order valence-electron chi connectivity index (χ3n) is 4.46. The van der Waals surface area contributed by atoms with Gasteiger partial charge in [-0.2, -0.15) is 5.10 Å². The monoisotopic (exact) mass is 317 g/mol. The van der Waals surface area contributed by atoms with Crippen LogP contribution in [0.1, 0.15) is 24.2 Å². The molecule has 2 heterocycles. The number of rotatable bonds is 3. The molecule has 8 heteroatoms. The minimum atomic E-state index is -0.975. The van der Waals surface area contributed by atoms with Crippen molar-refractivity contribution in [3.63, 3.8) is 0 Å². The quantitative estimate of drug-likeness (QED) is 0.681. The number of nitrogens with zero attached hydrogens (tertiary/aromatic N) is 5. The Balaban J connectivity index is 1.76. The average molecular weight is 317 g/mol. The Kier molecular flexibility index (Phi) is 3.77. The highest BCUT2D eigenvalue weighted by atomic mass is 16.6. The lowest BCUT2D eigenvalue weighted by Gasteiger charge is -2.38. The van der Waals surface area contributed by atoms with Gasteiger partial charge >= 0.3 is 0 Å². The molecule has 1 saturated heterocycles. The molecule has 0 unspecified atom stereocenters. The van der Waals surface area contributed by atoms with Crippen molar-refractivity contribution in [3.05, 3.63) is 46.0 Å². The Morgan fingerprint density at radius 3 is 2.57 bits per heavy atom. The van der Waals surface area contributed by atoms with Gasteiger partial charge in [-0.15, -0.1) is 0 Å². The molecule has 1 fully saturated rings.